The van der Waals surface area contributed by atoms with Crippen molar-refractivity contribution in [3.63, 3.8) is 0 Å². The number of halogens is 2. The van der Waals surface area contributed by atoms with Gasteiger partial charge >= 0.3 is 6.03 Å². The minimum atomic E-state index is -0.577. The predicted octanol–water partition coefficient (Wildman–Crippen LogP) is 3.27. The van der Waals surface area contributed by atoms with Crippen LogP contribution in [0.1, 0.15) is 0 Å². The SMILES string of the molecule is O=C(CN1CCN(C(=O)Nc2ccc(Cl)cc2F)CC1)Nc1ccccc1. The number of nitrogens with zero attached hydrogens (tertiary/aromatic N) is 2. The third-order valence-electron chi connectivity index (χ3n) is 4.26. The fourth-order valence-electron chi connectivity index (χ4n) is 2.82. The molecule has 0 atom stereocenters. The van der Waals surface area contributed by atoms with Crippen LogP contribution in [0.2, 0.25) is 5.02 Å². The van der Waals surface area contributed by atoms with E-state index in [1.54, 1.807) is 4.90 Å². The van der Waals surface area contributed by atoms with Crippen LogP contribution in [0, 0.1) is 5.82 Å². The van der Waals surface area contributed by atoms with Crippen LogP contribution >= 0.6 is 11.6 Å². The first kappa shape index (κ1) is 19.1. The van der Waals surface area contributed by atoms with Crippen LogP contribution in [-0.4, -0.2) is 54.5 Å². The fraction of sp³-hybridized carbons (Fsp3) is 0.263. The lowest BCUT2D eigenvalue weighted by Crippen LogP contribution is -2.51. The van der Waals surface area contributed by atoms with E-state index in [1.807, 2.05) is 35.2 Å². The van der Waals surface area contributed by atoms with Crippen molar-refractivity contribution in [1.29, 1.82) is 0 Å². The number of hydrogen-bond acceptors (Lipinski definition) is 3. The van der Waals surface area contributed by atoms with E-state index in [-0.39, 0.29) is 29.2 Å². The molecule has 1 saturated heterocycles. The third-order valence-corrected chi connectivity index (χ3v) is 4.49. The molecule has 1 aliphatic rings. The van der Waals surface area contributed by atoms with E-state index in [2.05, 4.69) is 10.6 Å². The smallest absolute Gasteiger partial charge is 0.322 e. The number of rotatable bonds is 4. The molecule has 1 fully saturated rings. The topological polar surface area (TPSA) is 64.7 Å². The molecule has 0 aliphatic carbocycles. The number of para-hydroxylation sites is 1. The van der Waals surface area contributed by atoms with Crippen molar-refractivity contribution in [3.8, 4) is 0 Å². The van der Waals surface area contributed by atoms with Crippen LogP contribution in [0.15, 0.2) is 48.5 Å². The molecule has 1 aliphatic heterocycles. The highest BCUT2D eigenvalue weighted by molar-refractivity contribution is 6.30. The summed E-state index contributed by atoms with van der Waals surface area (Å²) in [6, 6.07) is 13.0. The minimum absolute atomic E-state index is 0.0917. The normalized spacial score (nSPS) is 14.7. The van der Waals surface area contributed by atoms with Gasteiger partial charge in [-0.25, -0.2) is 9.18 Å². The van der Waals surface area contributed by atoms with Crippen LogP contribution in [0.4, 0.5) is 20.6 Å². The first-order valence-electron chi connectivity index (χ1n) is 8.59. The molecule has 8 heteroatoms. The van der Waals surface area contributed by atoms with Gasteiger partial charge in [0.1, 0.15) is 5.82 Å². The van der Waals surface area contributed by atoms with E-state index in [9.17, 15) is 14.0 Å². The van der Waals surface area contributed by atoms with Crippen molar-refractivity contribution >= 4 is 34.9 Å². The van der Waals surface area contributed by atoms with Gasteiger partial charge in [0, 0.05) is 36.9 Å². The number of amides is 3. The standard InChI is InChI=1S/C19H20ClFN4O2/c20-14-6-7-17(16(21)12-14)23-19(27)25-10-8-24(9-11-25)13-18(26)22-15-4-2-1-3-5-15/h1-7,12H,8-11,13H2,(H,22,26)(H,23,27). The van der Waals surface area contributed by atoms with Crippen molar-refractivity contribution in [3.05, 3.63) is 59.4 Å². The van der Waals surface area contributed by atoms with E-state index in [0.29, 0.717) is 26.2 Å². The van der Waals surface area contributed by atoms with Crippen LogP contribution in [0.5, 0.6) is 0 Å². The number of piperazine rings is 1. The van der Waals surface area contributed by atoms with Gasteiger partial charge in [-0.2, -0.15) is 0 Å². The number of carbonyl (C=O) groups is 2. The van der Waals surface area contributed by atoms with Gasteiger partial charge in [-0.15, -0.1) is 0 Å². The highest BCUT2D eigenvalue weighted by Gasteiger charge is 2.23. The molecule has 0 bridgehead atoms. The largest absolute Gasteiger partial charge is 0.325 e. The number of urea groups is 1. The zero-order valence-corrected chi connectivity index (χ0v) is 15.4. The summed E-state index contributed by atoms with van der Waals surface area (Å²) >= 11 is 5.71. The van der Waals surface area contributed by atoms with Gasteiger partial charge in [-0.05, 0) is 30.3 Å². The second-order valence-corrected chi connectivity index (χ2v) is 6.67. The summed E-state index contributed by atoms with van der Waals surface area (Å²) in [5, 5.41) is 5.66. The van der Waals surface area contributed by atoms with Crippen molar-refractivity contribution in [2.75, 3.05) is 43.4 Å². The summed E-state index contributed by atoms with van der Waals surface area (Å²) in [4.78, 5) is 28.0. The van der Waals surface area contributed by atoms with Gasteiger partial charge in [0.2, 0.25) is 5.91 Å². The number of carbonyl (C=O) groups excluding carboxylic acids is 2. The Morgan fingerprint density at radius 1 is 1.00 bits per heavy atom. The van der Waals surface area contributed by atoms with Gasteiger partial charge in [-0.3, -0.25) is 9.69 Å². The number of benzene rings is 2. The lowest BCUT2D eigenvalue weighted by molar-refractivity contribution is -0.117. The quantitative estimate of drug-likeness (QED) is 0.842. The lowest BCUT2D eigenvalue weighted by Gasteiger charge is -2.34. The molecule has 6 nitrogen and oxygen atoms in total. The van der Waals surface area contributed by atoms with E-state index < -0.39 is 5.82 Å². The van der Waals surface area contributed by atoms with Crippen molar-refractivity contribution in [2.45, 2.75) is 0 Å². The first-order valence-corrected chi connectivity index (χ1v) is 8.97. The molecule has 0 unspecified atom stereocenters. The maximum Gasteiger partial charge on any atom is 0.322 e. The second-order valence-electron chi connectivity index (χ2n) is 6.23. The molecule has 0 radical (unpaired) electrons. The number of hydrogen-bond donors (Lipinski definition) is 2. The summed E-state index contributed by atoms with van der Waals surface area (Å²) in [6.07, 6.45) is 0. The maximum absolute atomic E-state index is 13.8. The van der Waals surface area contributed by atoms with Gasteiger partial charge in [0.25, 0.3) is 0 Å². The van der Waals surface area contributed by atoms with Crippen LogP contribution < -0.4 is 10.6 Å². The monoisotopic (exact) mass is 390 g/mol. The Morgan fingerprint density at radius 3 is 2.37 bits per heavy atom. The molecular formula is C19H20ClFN4O2. The average Bonchev–Trinajstić information content (AvgIpc) is 2.65. The summed E-state index contributed by atoms with van der Waals surface area (Å²) < 4.78 is 13.8. The Kier molecular flexibility index (Phi) is 6.26. The molecule has 27 heavy (non-hydrogen) atoms. The Bertz CT molecular complexity index is 811. The fourth-order valence-corrected chi connectivity index (χ4v) is 2.98. The summed E-state index contributed by atoms with van der Waals surface area (Å²) in [5.41, 5.74) is 0.847. The van der Waals surface area contributed by atoms with Gasteiger partial charge < -0.3 is 15.5 Å². The van der Waals surface area contributed by atoms with Gasteiger partial charge in [0.15, 0.2) is 0 Å². The van der Waals surface area contributed by atoms with Crippen molar-refractivity contribution in [1.82, 2.24) is 9.80 Å². The Labute approximate surface area is 161 Å². The third kappa shape index (κ3) is 5.42. The van der Waals surface area contributed by atoms with E-state index in [0.717, 1.165) is 11.8 Å². The zero-order chi connectivity index (χ0) is 19.2. The number of nitrogens with one attached hydrogen (secondary N) is 2. The van der Waals surface area contributed by atoms with Gasteiger partial charge in [0.05, 0.1) is 12.2 Å². The zero-order valence-electron chi connectivity index (χ0n) is 14.6. The minimum Gasteiger partial charge on any atom is -0.325 e. The highest BCUT2D eigenvalue weighted by Crippen LogP contribution is 2.19. The summed E-state index contributed by atoms with van der Waals surface area (Å²) in [6.45, 7) is 2.31. The molecule has 0 spiro atoms. The number of anilines is 2. The van der Waals surface area contributed by atoms with E-state index in [4.69, 9.17) is 11.6 Å². The Morgan fingerprint density at radius 2 is 1.70 bits per heavy atom. The predicted molar refractivity (Wildman–Crippen MR) is 104 cm³/mol. The molecule has 2 N–H and O–H groups in total. The van der Waals surface area contributed by atoms with Crippen molar-refractivity contribution in [2.24, 2.45) is 0 Å². The molecule has 2 aromatic carbocycles. The molecular weight excluding hydrogens is 371 g/mol. The second kappa shape index (κ2) is 8.83. The Balaban J connectivity index is 1.45. The molecule has 142 valence electrons. The molecule has 0 aromatic heterocycles. The molecule has 3 rings (SSSR count). The van der Waals surface area contributed by atoms with Crippen molar-refractivity contribution < 1.29 is 14.0 Å². The summed E-state index contributed by atoms with van der Waals surface area (Å²) in [5.74, 6) is -0.672. The Hall–Kier alpha value is -2.64. The molecule has 1 heterocycles. The van der Waals surface area contributed by atoms with E-state index in [1.165, 1.54) is 12.1 Å². The maximum atomic E-state index is 13.8. The highest BCUT2D eigenvalue weighted by atomic mass is 35.5. The van der Waals surface area contributed by atoms with Crippen LogP contribution in [0.3, 0.4) is 0 Å². The van der Waals surface area contributed by atoms with Crippen LogP contribution in [-0.2, 0) is 4.79 Å². The molecule has 3 amide bonds. The summed E-state index contributed by atoms with van der Waals surface area (Å²) in [7, 11) is 0. The van der Waals surface area contributed by atoms with E-state index >= 15 is 0 Å². The molecule has 0 saturated carbocycles. The first-order chi connectivity index (χ1) is 13.0. The average molecular weight is 391 g/mol. The van der Waals surface area contributed by atoms with Crippen LogP contribution in [0.25, 0.3) is 0 Å². The van der Waals surface area contributed by atoms with Gasteiger partial charge in [-0.1, -0.05) is 29.8 Å². The molecule has 2 aromatic rings. The lowest BCUT2D eigenvalue weighted by atomic mass is 10.3.